The van der Waals surface area contributed by atoms with Gasteiger partial charge in [0.05, 0.1) is 31.2 Å². The number of hydrogen-bond acceptors (Lipinski definition) is 8. The van der Waals surface area contributed by atoms with E-state index in [1.165, 1.54) is 35.3 Å². The minimum Gasteiger partial charge on any atom is -0.497 e. The average molecular weight is 542 g/mol. The zero-order valence-electron chi connectivity index (χ0n) is 20.7. The first kappa shape index (κ1) is 24.1. The van der Waals surface area contributed by atoms with Crippen molar-refractivity contribution in [2.75, 3.05) is 25.3 Å². The fraction of sp³-hybridized carbons (Fsp3) is 0.138. The van der Waals surface area contributed by atoms with Crippen LogP contribution in [0.2, 0.25) is 0 Å². The summed E-state index contributed by atoms with van der Waals surface area (Å²) < 4.78 is 10.3. The number of carbonyl (C=O) groups is 2. The second-order valence-corrected chi connectivity index (χ2v) is 10.9. The number of aromatic nitrogens is 1. The third kappa shape index (κ3) is 4.00. The normalized spacial score (nSPS) is 12.1. The number of thiophene rings is 2. The molecule has 190 valence electrons. The predicted molar refractivity (Wildman–Crippen MR) is 152 cm³/mol. The van der Waals surface area contributed by atoms with Gasteiger partial charge in [-0.2, -0.15) is 0 Å². The quantitative estimate of drug-likeness (QED) is 0.249. The van der Waals surface area contributed by atoms with Crippen molar-refractivity contribution in [1.29, 1.82) is 0 Å². The molecule has 0 atom stereocenters. The van der Waals surface area contributed by atoms with Crippen molar-refractivity contribution < 1.29 is 19.1 Å². The number of nitrogens with one attached hydrogen (secondary N) is 1. The summed E-state index contributed by atoms with van der Waals surface area (Å²) in [6.07, 6.45) is 1.52. The van der Waals surface area contributed by atoms with Gasteiger partial charge in [-0.05, 0) is 65.9 Å². The first-order valence-corrected chi connectivity index (χ1v) is 13.6. The van der Waals surface area contributed by atoms with Gasteiger partial charge in [-0.3, -0.25) is 4.79 Å². The third-order valence-corrected chi connectivity index (χ3v) is 9.01. The number of anilines is 2. The summed E-state index contributed by atoms with van der Waals surface area (Å²) in [5, 5.41) is 4.14. The molecule has 1 aliphatic carbocycles. The van der Waals surface area contributed by atoms with Crippen molar-refractivity contribution >= 4 is 55.5 Å². The van der Waals surface area contributed by atoms with Crippen molar-refractivity contribution in [2.45, 2.75) is 12.8 Å². The molecule has 6 rings (SSSR count). The lowest BCUT2D eigenvalue weighted by Crippen LogP contribution is -2.15. The van der Waals surface area contributed by atoms with Gasteiger partial charge < -0.3 is 20.5 Å². The van der Waals surface area contributed by atoms with Crippen molar-refractivity contribution in [3.8, 4) is 27.4 Å². The van der Waals surface area contributed by atoms with E-state index in [9.17, 15) is 9.59 Å². The highest BCUT2D eigenvalue weighted by molar-refractivity contribution is 7.22. The van der Waals surface area contributed by atoms with E-state index in [0.717, 1.165) is 39.4 Å². The smallest absolute Gasteiger partial charge is 0.341 e. The van der Waals surface area contributed by atoms with Crippen molar-refractivity contribution in [3.63, 3.8) is 0 Å². The molecule has 0 fully saturated rings. The van der Waals surface area contributed by atoms with Crippen LogP contribution in [0.3, 0.4) is 0 Å². The van der Waals surface area contributed by atoms with Crippen LogP contribution in [0.15, 0.2) is 60.7 Å². The Morgan fingerprint density at radius 1 is 0.974 bits per heavy atom. The zero-order valence-corrected chi connectivity index (χ0v) is 22.3. The summed E-state index contributed by atoms with van der Waals surface area (Å²) >= 11 is 2.62. The highest BCUT2D eigenvalue weighted by Crippen LogP contribution is 2.46. The number of pyridine rings is 1. The molecule has 9 heteroatoms. The molecule has 5 aromatic rings. The number of benzene rings is 2. The highest BCUT2D eigenvalue weighted by Gasteiger charge is 2.30. The van der Waals surface area contributed by atoms with E-state index in [1.807, 2.05) is 54.6 Å². The number of nitrogens with two attached hydrogens (primary N) is 1. The average Bonchev–Trinajstić information content (AvgIpc) is 3.49. The number of esters is 1. The van der Waals surface area contributed by atoms with Gasteiger partial charge >= 0.3 is 5.97 Å². The Kier molecular flexibility index (Phi) is 6.09. The second kappa shape index (κ2) is 9.59. The Bertz CT molecular complexity index is 1720. The summed E-state index contributed by atoms with van der Waals surface area (Å²) in [6, 6.07) is 19.5. The highest BCUT2D eigenvalue weighted by atomic mass is 32.1. The number of carbonyl (C=O) groups excluding carboxylic acids is 2. The summed E-state index contributed by atoms with van der Waals surface area (Å²) in [5.74, 6) is -0.0833. The molecule has 1 aliphatic rings. The Hall–Kier alpha value is -4.21. The number of ether oxygens (including phenoxy) is 2. The molecule has 38 heavy (non-hydrogen) atoms. The van der Waals surface area contributed by atoms with Gasteiger partial charge in [0.15, 0.2) is 0 Å². The van der Waals surface area contributed by atoms with Crippen LogP contribution in [0.1, 0.15) is 31.2 Å². The maximum Gasteiger partial charge on any atom is 0.341 e. The molecule has 2 aromatic carbocycles. The van der Waals surface area contributed by atoms with Gasteiger partial charge in [-0.25, -0.2) is 9.78 Å². The third-order valence-electron chi connectivity index (χ3n) is 6.72. The van der Waals surface area contributed by atoms with Crippen LogP contribution in [0, 0.1) is 0 Å². The van der Waals surface area contributed by atoms with Crippen LogP contribution in [-0.4, -0.2) is 31.1 Å². The van der Waals surface area contributed by atoms with Crippen LogP contribution in [0.5, 0.6) is 5.75 Å². The molecule has 1 amide bonds. The van der Waals surface area contributed by atoms with Crippen molar-refractivity contribution in [2.24, 2.45) is 0 Å². The molecule has 3 heterocycles. The number of nitrogens with zero attached hydrogens (tertiary/aromatic N) is 1. The molecule has 0 bridgehead atoms. The zero-order chi connectivity index (χ0) is 26.4. The Morgan fingerprint density at radius 3 is 2.53 bits per heavy atom. The van der Waals surface area contributed by atoms with E-state index >= 15 is 0 Å². The fourth-order valence-corrected chi connectivity index (χ4v) is 7.08. The number of amides is 1. The molecular weight excluding hydrogens is 518 g/mol. The van der Waals surface area contributed by atoms with Gasteiger partial charge in [0.1, 0.15) is 20.5 Å². The number of hydrogen-bond donors (Lipinski definition) is 2. The standard InChI is InChI=1S/C29H23N3O4S2/c1-35-17-10-7-16(8-11-17)21-14-13-20-23(30)25(38-27(20)31-21)26(33)32-28-22(29(34)36-2)19-12-9-15-5-3-4-6-18(15)24(19)37-28/h3-8,10-11,13-14H,9,12,30H2,1-2H3,(H,32,33). The van der Waals surface area contributed by atoms with Gasteiger partial charge in [-0.15, -0.1) is 22.7 Å². The number of rotatable bonds is 5. The summed E-state index contributed by atoms with van der Waals surface area (Å²) in [5.41, 5.74) is 12.1. The minimum absolute atomic E-state index is 0.349. The lowest BCUT2D eigenvalue weighted by molar-refractivity contribution is 0.0601. The molecule has 3 N–H and O–H groups in total. The Labute approximate surface area is 226 Å². The maximum atomic E-state index is 13.5. The first-order chi connectivity index (χ1) is 18.5. The van der Waals surface area contributed by atoms with Gasteiger partial charge in [0.2, 0.25) is 0 Å². The van der Waals surface area contributed by atoms with E-state index < -0.39 is 5.97 Å². The van der Waals surface area contributed by atoms with E-state index in [2.05, 4.69) is 11.4 Å². The molecular formula is C29H23N3O4S2. The largest absolute Gasteiger partial charge is 0.497 e. The Morgan fingerprint density at radius 2 is 1.76 bits per heavy atom. The van der Waals surface area contributed by atoms with Crippen molar-refractivity contribution in [3.05, 3.63) is 82.2 Å². The van der Waals surface area contributed by atoms with E-state index in [4.69, 9.17) is 20.2 Å². The first-order valence-electron chi connectivity index (χ1n) is 12.0. The topological polar surface area (TPSA) is 104 Å². The SMILES string of the molecule is COC(=O)c1c(NC(=O)c2sc3nc(-c4ccc(OC)cc4)ccc3c2N)sc2c1CCc1ccccc1-2. The molecule has 0 saturated heterocycles. The van der Waals surface area contributed by atoms with E-state index in [1.54, 1.807) is 7.11 Å². The number of fused-ring (bicyclic) bond motifs is 4. The van der Waals surface area contributed by atoms with Crippen LogP contribution >= 0.6 is 22.7 Å². The minimum atomic E-state index is -0.465. The maximum absolute atomic E-state index is 13.5. The number of nitrogen functional groups attached to an aromatic ring is 1. The van der Waals surface area contributed by atoms with Crippen molar-refractivity contribution in [1.82, 2.24) is 4.98 Å². The second-order valence-electron chi connectivity index (χ2n) is 8.84. The summed E-state index contributed by atoms with van der Waals surface area (Å²) in [4.78, 5) is 33.0. The fourth-order valence-electron chi connectivity index (χ4n) is 4.80. The molecule has 0 saturated carbocycles. The van der Waals surface area contributed by atoms with E-state index in [0.29, 0.717) is 37.8 Å². The lowest BCUT2D eigenvalue weighted by Gasteiger charge is -2.16. The lowest BCUT2D eigenvalue weighted by atomic mass is 9.89. The number of aryl methyl sites for hydroxylation is 1. The predicted octanol–water partition coefficient (Wildman–Crippen LogP) is 6.42. The summed E-state index contributed by atoms with van der Waals surface area (Å²) in [6.45, 7) is 0. The van der Waals surface area contributed by atoms with Crippen LogP contribution < -0.4 is 15.8 Å². The van der Waals surface area contributed by atoms with Gasteiger partial charge in [-0.1, -0.05) is 24.3 Å². The van der Waals surface area contributed by atoms with Crippen LogP contribution in [0.25, 0.3) is 31.9 Å². The summed E-state index contributed by atoms with van der Waals surface area (Å²) in [7, 11) is 2.98. The van der Waals surface area contributed by atoms with Crippen LogP contribution in [0.4, 0.5) is 10.7 Å². The molecule has 7 nitrogen and oxygen atoms in total. The van der Waals surface area contributed by atoms with Crippen LogP contribution in [-0.2, 0) is 17.6 Å². The molecule has 0 radical (unpaired) electrons. The Balaban J connectivity index is 1.36. The monoisotopic (exact) mass is 541 g/mol. The van der Waals surface area contributed by atoms with Gasteiger partial charge in [0.25, 0.3) is 5.91 Å². The van der Waals surface area contributed by atoms with E-state index in [-0.39, 0.29) is 5.91 Å². The molecule has 0 spiro atoms. The number of methoxy groups -OCH3 is 2. The molecule has 3 aromatic heterocycles. The molecule has 0 aliphatic heterocycles. The van der Waals surface area contributed by atoms with Gasteiger partial charge in [0, 0.05) is 15.8 Å². The molecule has 0 unspecified atom stereocenters.